The Morgan fingerprint density at radius 1 is 1.62 bits per heavy atom. The van der Waals surface area contributed by atoms with Crippen LogP contribution in [0.2, 0.25) is 0 Å². The van der Waals surface area contributed by atoms with Crippen LogP contribution in [-0.2, 0) is 16.1 Å². The van der Waals surface area contributed by atoms with E-state index in [2.05, 4.69) is 15.5 Å². The molecule has 5 nitrogen and oxygen atoms in total. The van der Waals surface area contributed by atoms with Gasteiger partial charge >= 0.3 is 0 Å². The van der Waals surface area contributed by atoms with Gasteiger partial charge in [0, 0.05) is 31.1 Å². The number of carbonyl (C=O) groups is 1. The molecule has 1 aliphatic heterocycles. The lowest BCUT2D eigenvalue weighted by Gasteiger charge is -2.24. The molecule has 0 spiro atoms. The van der Waals surface area contributed by atoms with E-state index >= 15 is 0 Å². The molecule has 2 N–H and O–H groups in total. The van der Waals surface area contributed by atoms with Crippen LogP contribution in [0.1, 0.15) is 17.7 Å². The summed E-state index contributed by atoms with van der Waals surface area (Å²) in [5.41, 5.74) is 0. The molecule has 0 aliphatic carbocycles. The van der Waals surface area contributed by atoms with Crippen molar-refractivity contribution in [3.8, 4) is 0 Å². The number of thiophene rings is 1. The fourth-order valence-electron chi connectivity index (χ4n) is 2.54. The highest BCUT2D eigenvalue weighted by Crippen LogP contribution is 2.08. The molecule has 6 heteroatoms. The number of nitrogens with zero attached hydrogens (tertiary/aromatic N) is 1. The molecule has 1 fully saturated rings. The molecule has 1 saturated heterocycles. The predicted molar refractivity (Wildman–Crippen MR) is 85.5 cm³/mol. The SMILES string of the molecule is COCCN(CC(=O)NCc1cccs1)CC1CCCN1. The average molecular weight is 311 g/mol. The Balaban J connectivity index is 1.74. The normalized spacial score (nSPS) is 18.3. The van der Waals surface area contributed by atoms with Crippen molar-refractivity contribution in [2.75, 3.05) is 39.9 Å². The van der Waals surface area contributed by atoms with Gasteiger partial charge in [-0.2, -0.15) is 0 Å². The van der Waals surface area contributed by atoms with Crippen LogP contribution in [0.15, 0.2) is 17.5 Å². The first-order valence-electron chi connectivity index (χ1n) is 7.51. The first-order chi connectivity index (χ1) is 10.3. The van der Waals surface area contributed by atoms with Crippen LogP contribution < -0.4 is 10.6 Å². The fourth-order valence-corrected chi connectivity index (χ4v) is 3.18. The summed E-state index contributed by atoms with van der Waals surface area (Å²) in [7, 11) is 1.70. The van der Waals surface area contributed by atoms with Crippen LogP contribution in [0.3, 0.4) is 0 Å². The maximum atomic E-state index is 12.1. The summed E-state index contributed by atoms with van der Waals surface area (Å²) in [6.07, 6.45) is 2.42. The number of nitrogens with one attached hydrogen (secondary N) is 2. The molecular formula is C15H25N3O2S. The molecule has 1 atom stereocenters. The minimum absolute atomic E-state index is 0.0810. The smallest absolute Gasteiger partial charge is 0.234 e. The molecule has 2 heterocycles. The Morgan fingerprint density at radius 2 is 2.52 bits per heavy atom. The third-order valence-corrected chi connectivity index (χ3v) is 4.54. The van der Waals surface area contributed by atoms with Gasteiger partial charge in [0.15, 0.2) is 0 Å². The van der Waals surface area contributed by atoms with Crippen LogP contribution in [0.25, 0.3) is 0 Å². The van der Waals surface area contributed by atoms with Gasteiger partial charge in [-0.1, -0.05) is 6.07 Å². The number of hydrogen-bond acceptors (Lipinski definition) is 5. The summed E-state index contributed by atoms with van der Waals surface area (Å²) in [6, 6.07) is 4.55. The lowest BCUT2D eigenvalue weighted by Crippen LogP contribution is -2.44. The third kappa shape index (κ3) is 6.13. The molecule has 1 aromatic rings. The van der Waals surface area contributed by atoms with Crippen LogP contribution in [-0.4, -0.2) is 56.7 Å². The molecule has 0 radical (unpaired) electrons. The first kappa shape index (κ1) is 16.4. The minimum Gasteiger partial charge on any atom is -0.383 e. The summed E-state index contributed by atoms with van der Waals surface area (Å²) in [6.45, 7) is 4.51. The van der Waals surface area contributed by atoms with Gasteiger partial charge in [0.1, 0.15) is 0 Å². The summed E-state index contributed by atoms with van der Waals surface area (Å²) in [5.74, 6) is 0.0810. The van der Waals surface area contributed by atoms with Crippen molar-refractivity contribution in [3.05, 3.63) is 22.4 Å². The summed E-state index contributed by atoms with van der Waals surface area (Å²) < 4.78 is 5.15. The number of carbonyl (C=O) groups excluding carboxylic acids is 1. The van der Waals surface area contributed by atoms with Gasteiger partial charge in [-0.25, -0.2) is 0 Å². The molecule has 1 amide bonds. The molecular weight excluding hydrogens is 286 g/mol. The second kappa shape index (κ2) is 9.15. The Kier molecular flexibility index (Phi) is 7.15. The summed E-state index contributed by atoms with van der Waals surface area (Å²) in [4.78, 5) is 15.4. The summed E-state index contributed by atoms with van der Waals surface area (Å²) >= 11 is 1.67. The van der Waals surface area contributed by atoms with Gasteiger partial charge in [-0.05, 0) is 30.8 Å². The second-order valence-corrected chi connectivity index (χ2v) is 6.41. The van der Waals surface area contributed by atoms with Crippen molar-refractivity contribution in [1.82, 2.24) is 15.5 Å². The summed E-state index contributed by atoms with van der Waals surface area (Å²) in [5, 5.41) is 8.49. The number of methoxy groups -OCH3 is 1. The third-order valence-electron chi connectivity index (χ3n) is 3.66. The van der Waals surface area contributed by atoms with Crippen molar-refractivity contribution in [2.45, 2.75) is 25.4 Å². The number of hydrogen-bond donors (Lipinski definition) is 2. The van der Waals surface area contributed by atoms with Crippen LogP contribution in [0.4, 0.5) is 0 Å². The molecule has 0 saturated carbocycles. The average Bonchev–Trinajstić information content (AvgIpc) is 3.15. The van der Waals surface area contributed by atoms with E-state index in [0.717, 1.165) is 19.6 Å². The number of rotatable bonds is 9. The quantitative estimate of drug-likeness (QED) is 0.716. The van der Waals surface area contributed by atoms with Crippen molar-refractivity contribution in [3.63, 3.8) is 0 Å². The van der Waals surface area contributed by atoms with E-state index in [1.165, 1.54) is 17.7 Å². The number of ether oxygens (including phenoxy) is 1. The van der Waals surface area contributed by atoms with Crippen molar-refractivity contribution < 1.29 is 9.53 Å². The molecule has 118 valence electrons. The van der Waals surface area contributed by atoms with E-state index in [-0.39, 0.29) is 5.91 Å². The standard InChI is InChI=1S/C15H25N3O2S/c1-20-8-7-18(11-13-4-2-6-16-13)12-15(19)17-10-14-5-3-9-21-14/h3,5,9,13,16H,2,4,6-8,10-12H2,1H3,(H,17,19). The lowest BCUT2D eigenvalue weighted by molar-refractivity contribution is -0.122. The van der Waals surface area contributed by atoms with Crippen molar-refractivity contribution in [1.29, 1.82) is 0 Å². The fraction of sp³-hybridized carbons (Fsp3) is 0.667. The van der Waals surface area contributed by atoms with E-state index in [1.807, 2.05) is 17.5 Å². The van der Waals surface area contributed by atoms with Crippen LogP contribution >= 0.6 is 11.3 Å². The highest BCUT2D eigenvalue weighted by atomic mass is 32.1. The molecule has 0 bridgehead atoms. The Hall–Kier alpha value is -0.950. The van der Waals surface area contributed by atoms with Gasteiger partial charge < -0.3 is 15.4 Å². The highest BCUT2D eigenvalue weighted by molar-refractivity contribution is 7.09. The van der Waals surface area contributed by atoms with E-state index in [0.29, 0.717) is 25.7 Å². The maximum absolute atomic E-state index is 12.1. The Bertz CT molecular complexity index is 405. The molecule has 1 aliphatic rings. The Morgan fingerprint density at radius 3 is 3.19 bits per heavy atom. The highest BCUT2D eigenvalue weighted by Gasteiger charge is 2.19. The van der Waals surface area contributed by atoms with E-state index in [1.54, 1.807) is 18.4 Å². The van der Waals surface area contributed by atoms with E-state index in [4.69, 9.17) is 4.74 Å². The van der Waals surface area contributed by atoms with E-state index < -0.39 is 0 Å². The van der Waals surface area contributed by atoms with Gasteiger partial charge in [-0.3, -0.25) is 9.69 Å². The Labute approximate surface area is 130 Å². The van der Waals surface area contributed by atoms with Crippen LogP contribution in [0.5, 0.6) is 0 Å². The van der Waals surface area contributed by atoms with Crippen LogP contribution in [0, 0.1) is 0 Å². The zero-order valence-corrected chi connectivity index (χ0v) is 13.5. The monoisotopic (exact) mass is 311 g/mol. The van der Waals surface area contributed by atoms with Gasteiger partial charge in [0.2, 0.25) is 5.91 Å². The molecule has 1 unspecified atom stereocenters. The molecule has 2 rings (SSSR count). The lowest BCUT2D eigenvalue weighted by atomic mass is 10.2. The maximum Gasteiger partial charge on any atom is 0.234 e. The molecule has 21 heavy (non-hydrogen) atoms. The number of amides is 1. The first-order valence-corrected chi connectivity index (χ1v) is 8.39. The predicted octanol–water partition coefficient (Wildman–Crippen LogP) is 1.06. The van der Waals surface area contributed by atoms with Gasteiger partial charge in [-0.15, -0.1) is 11.3 Å². The molecule has 1 aromatic heterocycles. The topological polar surface area (TPSA) is 53.6 Å². The zero-order valence-electron chi connectivity index (χ0n) is 12.6. The van der Waals surface area contributed by atoms with Gasteiger partial charge in [0.25, 0.3) is 0 Å². The van der Waals surface area contributed by atoms with E-state index in [9.17, 15) is 4.79 Å². The minimum atomic E-state index is 0.0810. The van der Waals surface area contributed by atoms with Crippen molar-refractivity contribution >= 4 is 17.2 Å². The molecule has 0 aromatic carbocycles. The van der Waals surface area contributed by atoms with Crippen molar-refractivity contribution in [2.24, 2.45) is 0 Å². The second-order valence-electron chi connectivity index (χ2n) is 5.38. The largest absolute Gasteiger partial charge is 0.383 e. The van der Waals surface area contributed by atoms with Gasteiger partial charge in [0.05, 0.1) is 19.7 Å². The zero-order chi connectivity index (χ0) is 14.9.